The van der Waals surface area contributed by atoms with Gasteiger partial charge in [-0.3, -0.25) is 4.57 Å². The summed E-state index contributed by atoms with van der Waals surface area (Å²) >= 11 is 0. The van der Waals surface area contributed by atoms with Gasteiger partial charge in [0.25, 0.3) is 0 Å². The van der Waals surface area contributed by atoms with Crippen LogP contribution in [0.4, 0.5) is 0 Å². The number of aliphatic hydroxyl groups excluding tert-OH is 3. The highest BCUT2D eigenvalue weighted by atomic mass is 16.6. The molecule has 1 fully saturated rings. The van der Waals surface area contributed by atoms with E-state index in [1.807, 2.05) is 6.07 Å². The molecule has 7 nitrogen and oxygen atoms in total. The summed E-state index contributed by atoms with van der Waals surface area (Å²) in [5.41, 5.74) is 0.197. The van der Waals surface area contributed by atoms with Crippen LogP contribution in [-0.2, 0) is 4.74 Å². The average molecular weight is 249 g/mol. The Morgan fingerprint density at radius 2 is 2.22 bits per heavy atom. The quantitative estimate of drug-likeness (QED) is 0.541. The first-order chi connectivity index (χ1) is 8.63. The van der Waals surface area contributed by atoms with Crippen LogP contribution in [0.1, 0.15) is 17.6 Å². The normalized spacial score (nSPS) is 30.9. The van der Waals surface area contributed by atoms with Gasteiger partial charge in [-0.15, -0.1) is 6.42 Å². The predicted octanol–water partition coefficient (Wildman–Crippen LogP) is -1.65. The lowest BCUT2D eigenvalue weighted by Crippen LogP contribution is -2.33. The maximum absolute atomic E-state index is 9.83. The Balaban J connectivity index is 2.37. The van der Waals surface area contributed by atoms with Crippen molar-refractivity contribution in [2.75, 3.05) is 6.61 Å². The van der Waals surface area contributed by atoms with E-state index in [-0.39, 0.29) is 11.4 Å². The molecule has 4 atom stereocenters. The second-order valence-electron chi connectivity index (χ2n) is 3.83. The number of aliphatic hydroxyl groups is 3. The number of imidazole rings is 1. The Morgan fingerprint density at radius 3 is 2.72 bits per heavy atom. The molecule has 1 aromatic rings. The maximum atomic E-state index is 9.83. The van der Waals surface area contributed by atoms with Crippen molar-refractivity contribution in [3.8, 4) is 18.4 Å². The first-order valence-corrected chi connectivity index (χ1v) is 5.20. The van der Waals surface area contributed by atoms with Crippen molar-refractivity contribution < 1.29 is 20.1 Å². The Hall–Kier alpha value is -1.90. The van der Waals surface area contributed by atoms with Gasteiger partial charge in [0.1, 0.15) is 30.1 Å². The van der Waals surface area contributed by atoms with Gasteiger partial charge in [-0.05, 0) is 5.92 Å². The van der Waals surface area contributed by atoms with E-state index in [4.69, 9.17) is 21.5 Å². The molecular formula is C11H11N3O4. The zero-order valence-electron chi connectivity index (χ0n) is 9.26. The number of hydrogen-bond acceptors (Lipinski definition) is 6. The molecule has 2 heterocycles. The molecule has 94 valence electrons. The fourth-order valence-electron chi connectivity index (χ4n) is 1.89. The zero-order valence-corrected chi connectivity index (χ0v) is 9.26. The molecule has 0 radical (unpaired) electrons. The summed E-state index contributed by atoms with van der Waals surface area (Å²) in [6, 6.07) is 1.82. The maximum Gasteiger partial charge on any atom is 0.174 e. The van der Waals surface area contributed by atoms with Crippen LogP contribution in [0, 0.1) is 23.7 Å². The summed E-state index contributed by atoms with van der Waals surface area (Å²) in [5.74, 6) is 2.28. The van der Waals surface area contributed by atoms with Gasteiger partial charge in [0.15, 0.2) is 11.9 Å². The highest BCUT2D eigenvalue weighted by Gasteiger charge is 2.44. The third kappa shape index (κ3) is 1.76. The summed E-state index contributed by atoms with van der Waals surface area (Å²) < 4.78 is 6.58. The van der Waals surface area contributed by atoms with E-state index in [2.05, 4.69) is 10.9 Å². The van der Waals surface area contributed by atoms with E-state index in [1.54, 1.807) is 0 Å². The zero-order chi connectivity index (χ0) is 13.3. The Kier molecular flexibility index (Phi) is 3.32. The fraction of sp³-hybridized carbons (Fsp3) is 0.455. The van der Waals surface area contributed by atoms with Gasteiger partial charge in [0.2, 0.25) is 0 Å². The molecule has 0 saturated carbocycles. The van der Waals surface area contributed by atoms with E-state index >= 15 is 0 Å². The van der Waals surface area contributed by atoms with Crippen LogP contribution in [0.15, 0.2) is 6.33 Å². The monoisotopic (exact) mass is 249 g/mol. The third-order valence-corrected chi connectivity index (χ3v) is 2.83. The van der Waals surface area contributed by atoms with E-state index in [9.17, 15) is 10.2 Å². The molecule has 0 aromatic carbocycles. The van der Waals surface area contributed by atoms with Crippen molar-refractivity contribution in [2.45, 2.75) is 24.5 Å². The van der Waals surface area contributed by atoms with Crippen LogP contribution in [0.5, 0.6) is 0 Å². The minimum absolute atomic E-state index is 0.0373. The van der Waals surface area contributed by atoms with E-state index in [0.717, 1.165) is 0 Å². The number of nitriles is 1. The molecule has 0 bridgehead atoms. The first-order valence-electron chi connectivity index (χ1n) is 5.20. The molecule has 1 aliphatic heterocycles. The molecule has 2 rings (SSSR count). The van der Waals surface area contributed by atoms with Crippen LogP contribution >= 0.6 is 0 Å². The molecule has 4 unspecified atom stereocenters. The van der Waals surface area contributed by atoms with Crippen molar-refractivity contribution in [3.05, 3.63) is 17.7 Å². The number of ether oxygens (including phenoxy) is 1. The van der Waals surface area contributed by atoms with E-state index < -0.39 is 31.1 Å². The Morgan fingerprint density at radius 1 is 1.50 bits per heavy atom. The molecule has 7 heteroatoms. The van der Waals surface area contributed by atoms with Gasteiger partial charge < -0.3 is 20.1 Å². The molecule has 0 aliphatic carbocycles. The molecule has 1 aromatic heterocycles. The molecule has 1 saturated heterocycles. The highest BCUT2D eigenvalue weighted by molar-refractivity contribution is 5.38. The standard InChI is InChI=1S/C11H11N3O4/c1-2-7-6(3-12)13-5-14(7)11-10(17)9(16)8(4-15)18-11/h1,5,8-11,15-17H,4H2. The van der Waals surface area contributed by atoms with Crippen molar-refractivity contribution >= 4 is 0 Å². The second kappa shape index (κ2) is 4.77. The predicted molar refractivity (Wildman–Crippen MR) is 57.9 cm³/mol. The van der Waals surface area contributed by atoms with Gasteiger partial charge in [-0.2, -0.15) is 5.26 Å². The smallest absolute Gasteiger partial charge is 0.174 e. The lowest BCUT2D eigenvalue weighted by atomic mass is 10.1. The van der Waals surface area contributed by atoms with Gasteiger partial charge in [0.05, 0.1) is 12.9 Å². The van der Waals surface area contributed by atoms with Gasteiger partial charge >= 0.3 is 0 Å². The van der Waals surface area contributed by atoms with Gasteiger partial charge in [-0.25, -0.2) is 4.98 Å². The SMILES string of the molecule is C#Cc1c(C#N)ncn1C1OC(CO)C(O)C1O. The number of terminal acetylenes is 1. The average Bonchev–Trinajstić information content (AvgIpc) is 2.92. The molecule has 1 aliphatic rings. The van der Waals surface area contributed by atoms with Crippen LogP contribution in [0.3, 0.4) is 0 Å². The first kappa shape index (κ1) is 12.6. The molecule has 0 amide bonds. The number of aromatic nitrogens is 2. The molecule has 18 heavy (non-hydrogen) atoms. The van der Waals surface area contributed by atoms with Crippen molar-refractivity contribution in [1.29, 1.82) is 5.26 Å². The minimum atomic E-state index is -1.25. The summed E-state index contributed by atoms with van der Waals surface area (Å²) in [6.07, 6.45) is 2.18. The number of rotatable bonds is 2. The lowest BCUT2D eigenvalue weighted by Gasteiger charge is -2.17. The highest BCUT2D eigenvalue weighted by Crippen LogP contribution is 2.30. The van der Waals surface area contributed by atoms with Gasteiger partial charge in [-0.1, -0.05) is 0 Å². The van der Waals surface area contributed by atoms with E-state index in [0.29, 0.717) is 0 Å². The topological polar surface area (TPSA) is 112 Å². The summed E-state index contributed by atoms with van der Waals surface area (Å²) in [7, 11) is 0. The van der Waals surface area contributed by atoms with Crippen LogP contribution in [0.2, 0.25) is 0 Å². The fourth-order valence-corrected chi connectivity index (χ4v) is 1.89. The minimum Gasteiger partial charge on any atom is -0.394 e. The Labute approximate surface area is 103 Å². The van der Waals surface area contributed by atoms with Crippen LogP contribution < -0.4 is 0 Å². The van der Waals surface area contributed by atoms with E-state index in [1.165, 1.54) is 10.9 Å². The van der Waals surface area contributed by atoms with Gasteiger partial charge in [0, 0.05) is 0 Å². The van der Waals surface area contributed by atoms with Crippen molar-refractivity contribution in [2.24, 2.45) is 0 Å². The number of hydrogen-bond donors (Lipinski definition) is 3. The van der Waals surface area contributed by atoms with Crippen molar-refractivity contribution in [3.63, 3.8) is 0 Å². The molecule has 3 N–H and O–H groups in total. The van der Waals surface area contributed by atoms with Crippen LogP contribution in [-0.4, -0.2) is 49.8 Å². The van der Waals surface area contributed by atoms with Crippen LogP contribution in [0.25, 0.3) is 0 Å². The second-order valence-corrected chi connectivity index (χ2v) is 3.83. The molecular weight excluding hydrogens is 238 g/mol. The summed E-state index contributed by atoms with van der Waals surface area (Å²) in [5, 5.41) is 37.3. The summed E-state index contributed by atoms with van der Waals surface area (Å²) in [6.45, 7) is -0.431. The third-order valence-electron chi connectivity index (χ3n) is 2.83. The largest absolute Gasteiger partial charge is 0.394 e. The Bertz CT molecular complexity index is 527. The number of nitrogens with zero attached hydrogens (tertiary/aromatic N) is 3. The molecule has 0 spiro atoms. The summed E-state index contributed by atoms with van der Waals surface area (Å²) in [4.78, 5) is 3.78. The van der Waals surface area contributed by atoms with Crippen molar-refractivity contribution in [1.82, 2.24) is 9.55 Å². The lowest BCUT2D eigenvalue weighted by molar-refractivity contribution is -0.0531.